The van der Waals surface area contributed by atoms with Gasteiger partial charge in [-0.25, -0.2) is 4.79 Å². The first-order valence-electron chi connectivity index (χ1n) is 6.93. The zero-order chi connectivity index (χ0) is 15.5. The number of aromatic carboxylic acids is 1. The van der Waals surface area contributed by atoms with Gasteiger partial charge in [0.15, 0.2) is 0 Å². The number of hydrogen-bond acceptors (Lipinski definition) is 4. The number of carbonyl (C=O) groups is 2. The van der Waals surface area contributed by atoms with Gasteiger partial charge in [0.1, 0.15) is 0 Å². The lowest BCUT2D eigenvalue weighted by Crippen LogP contribution is -2.36. The molecule has 2 aromatic rings. The average Bonchev–Trinajstić information content (AvgIpc) is 3.00. The van der Waals surface area contributed by atoms with E-state index in [1.807, 2.05) is 4.90 Å². The molecule has 0 atom stereocenters. The van der Waals surface area contributed by atoms with Crippen LogP contribution in [0.25, 0.3) is 0 Å². The fourth-order valence-corrected chi connectivity index (χ4v) is 4.30. The zero-order valence-electron chi connectivity index (χ0n) is 11.8. The topological polar surface area (TPSA) is 57.6 Å². The van der Waals surface area contributed by atoms with Crippen LogP contribution in [-0.4, -0.2) is 34.2 Å². The smallest absolute Gasteiger partial charge is 0.336 e. The second kappa shape index (κ2) is 6.54. The summed E-state index contributed by atoms with van der Waals surface area (Å²) >= 11 is 3.04. The summed E-state index contributed by atoms with van der Waals surface area (Å²) in [5, 5.41) is 11.2. The third kappa shape index (κ3) is 3.18. The highest BCUT2D eigenvalue weighted by Gasteiger charge is 2.21. The molecule has 1 amide bonds. The molecule has 0 unspecified atom stereocenters. The van der Waals surface area contributed by atoms with Gasteiger partial charge in [-0.2, -0.15) is 0 Å². The highest BCUT2D eigenvalue weighted by atomic mass is 32.2. The molecule has 0 saturated heterocycles. The lowest BCUT2D eigenvalue weighted by Gasteiger charge is -2.27. The van der Waals surface area contributed by atoms with E-state index in [0.717, 1.165) is 13.0 Å². The van der Waals surface area contributed by atoms with Crippen molar-refractivity contribution >= 4 is 35.0 Å². The summed E-state index contributed by atoms with van der Waals surface area (Å²) < 4.78 is 0. The van der Waals surface area contributed by atoms with Crippen LogP contribution in [-0.2, 0) is 17.8 Å². The van der Waals surface area contributed by atoms with Crippen molar-refractivity contribution in [2.24, 2.45) is 0 Å². The predicted octanol–water partition coefficient (Wildman–Crippen LogP) is 3.12. The molecule has 0 saturated carbocycles. The Balaban J connectivity index is 1.63. The minimum atomic E-state index is -0.962. The van der Waals surface area contributed by atoms with Gasteiger partial charge in [0.25, 0.3) is 0 Å². The SMILES string of the molecule is O=C(O)c1ccccc1SCC(=O)N1CCc2sccc2C1. The van der Waals surface area contributed by atoms with E-state index in [-0.39, 0.29) is 17.2 Å². The Kier molecular flexibility index (Phi) is 4.49. The van der Waals surface area contributed by atoms with Crippen LogP contribution in [0.1, 0.15) is 20.8 Å². The van der Waals surface area contributed by atoms with Crippen LogP contribution < -0.4 is 0 Å². The number of thiophene rings is 1. The third-order valence-electron chi connectivity index (χ3n) is 3.63. The predicted molar refractivity (Wildman–Crippen MR) is 87.6 cm³/mol. The first-order chi connectivity index (χ1) is 10.6. The number of thioether (sulfide) groups is 1. The van der Waals surface area contributed by atoms with Crippen LogP contribution in [0.4, 0.5) is 0 Å². The summed E-state index contributed by atoms with van der Waals surface area (Å²) in [6, 6.07) is 8.87. The normalized spacial score (nSPS) is 13.7. The quantitative estimate of drug-likeness (QED) is 0.874. The molecule has 2 heterocycles. The molecule has 3 rings (SSSR count). The number of amides is 1. The van der Waals surface area contributed by atoms with Crippen molar-refractivity contribution in [3.63, 3.8) is 0 Å². The minimum absolute atomic E-state index is 0.0574. The molecule has 1 aliphatic rings. The highest BCUT2D eigenvalue weighted by Crippen LogP contribution is 2.26. The molecule has 6 heteroatoms. The number of benzene rings is 1. The minimum Gasteiger partial charge on any atom is -0.478 e. The lowest BCUT2D eigenvalue weighted by molar-refractivity contribution is -0.129. The van der Waals surface area contributed by atoms with E-state index in [2.05, 4.69) is 11.4 Å². The van der Waals surface area contributed by atoms with Crippen molar-refractivity contribution in [1.82, 2.24) is 4.90 Å². The number of carboxylic acids is 1. The molecule has 1 aromatic carbocycles. The summed E-state index contributed by atoms with van der Waals surface area (Å²) in [6.07, 6.45) is 0.912. The summed E-state index contributed by atoms with van der Waals surface area (Å²) in [5.74, 6) is -0.637. The van der Waals surface area contributed by atoms with Crippen molar-refractivity contribution in [3.8, 4) is 0 Å². The second-order valence-electron chi connectivity index (χ2n) is 5.02. The van der Waals surface area contributed by atoms with E-state index in [0.29, 0.717) is 11.4 Å². The fraction of sp³-hybridized carbons (Fsp3) is 0.250. The van der Waals surface area contributed by atoms with Gasteiger partial charge in [0.2, 0.25) is 5.91 Å². The zero-order valence-corrected chi connectivity index (χ0v) is 13.5. The summed E-state index contributed by atoms with van der Waals surface area (Å²) in [5.41, 5.74) is 1.49. The third-order valence-corrected chi connectivity index (χ3v) is 5.71. The van der Waals surface area contributed by atoms with Crippen LogP contribution in [0.3, 0.4) is 0 Å². The van der Waals surface area contributed by atoms with Gasteiger partial charge in [0, 0.05) is 22.9 Å². The van der Waals surface area contributed by atoms with Gasteiger partial charge < -0.3 is 10.0 Å². The largest absolute Gasteiger partial charge is 0.478 e. The van der Waals surface area contributed by atoms with Crippen LogP contribution in [0, 0.1) is 0 Å². The number of carboxylic acid groups (broad SMARTS) is 1. The molecule has 0 aliphatic carbocycles. The van der Waals surface area contributed by atoms with E-state index in [1.165, 1.54) is 22.2 Å². The maximum absolute atomic E-state index is 12.3. The number of hydrogen-bond donors (Lipinski definition) is 1. The van der Waals surface area contributed by atoms with E-state index in [4.69, 9.17) is 5.11 Å². The maximum Gasteiger partial charge on any atom is 0.336 e. The Morgan fingerprint density at radius 3 is 2.91 bits per heavy atom. The monoisotopic (exact) mass is 333 g/mol. The fourth-order valence-electron chi connectivity index (χ4n) is 2.46. The first-order valence-corrected chi connectivity index (χ1v) is 8.80. The molecule has 114 valence electrons. The lowest BCUT2D eigenvalue weighted by atomic mass is 10.1. The van der Waals surface area contributed by atoms with Gasteiger partial charge in [-0.05, 0) is 35.6 Å². The van der Waals surface area contributed by atoms with Gasteiger partial charge in [-0.15, -0.1) is 23.1 Å². The van der Waals surface area contributed by atoms with Crippen LogP contribution in [0.15, 0.2) is 40.6 Å². The van der Waals surface area contributed by atoms with Crippen molar-refractivity contribution in [1.29, 1.82) is 0 Å². The number of rotatable bonds is 4. The van der Waals surface area contributed by atoms with Crippen LogP contribution >= 0.6 is 23.1 Å². The molecule has 4 nitrogen and oxygen atoms in total. The number of carbonyl (C=O) groups excluding carboxylic acids is 1. The molecular formula is C16H15NO3S2. The molecule has 1 N–H and O–H groups in total. The van der Waals surface area contributed by atoms with E-state index >= 15 is 0 Å². The molecule has 0 radical (unpaired) electrons. The van der Waals surface area contributed by atoms with Crippen molar-refractivity contribution in [3.05, 3.63) is 51.7 Å². The Morgan fingerprint density at radius 1 is 1.27 bits per heavy atom. The van der Waals surface area contributed by atoms with Crippen LogP contribution in [0.2, 0.25) is 0 Å². The van der Waals surface area contributed by atoms with Gasteiger partial charge >= 0.3 is 5.97 Å². The van der Waals surface area contributed by atoms with Gasteiger partial charge in [-0.3, -0.25) is 4.79 Å². The van der Waals surface area contributed by atoms with Crippen molar-refractivity contribution < 1.29 is 14.7 Å². The summed E-state index contributed by atoms with van der Waals surface area (Å²) in [4.78, 5) is 27.4. The molecule has 0 spiro atoms. The van der Waals surface area contributed by atoms with E-state index in [9.17, 15) is 9.59 Å². The Hall–Kier alpha value is -1.79. The standard InChI is InChI=1S/C16H15NO3S2/c18-15(17-7-5-13-11(9-17)6-8-21-13)10-22-14-4-2-1-3-12(14)16(19)20/h1-4,6,8H,5,7,9-10H2,(H,19,20). The Morgan fingerprint density at radius 2 is 2.09 bits per heavy atom. The first kappa shape index (κ1) is 15.1. The van der Waals surface area contributed by atoms with Crippen molar-refractivity contribution in [2.45, 2.75) is 17.9 Å². The van der Waals surface area contributed by atoms with Crippen LogP contribution in [0.5, 0.6) is 0 Å². The number of nitrogens with zero attached hydrogens (tertiary/aromatic N) is 1. The Labute approximate surface area is 136 Å². The summed E-state index contributed by atoms with van der Waals surface area (Å²) in [7, 11) is 0. The molecule has 1 aromatic heterocycles. The highest BCUT2D eigenvalue weighted by molar-refractivity contribution is 8.00. The molecule has 0 bridgehead atoms. The maximum atomic E-state index is 12.3. The molecule has 0 fully saturated rings. The van der Waals surface area contributed by atoms with E-state index < -0.39 is 5.97 Å². The van der Waals surface area contributed by atoms with Crippen molar-refractivity contribution in [2.75, 3.05) is 12.3 Å². The number of fused-ring (bicyclic) bond motifs is 1. The molecule has 22 heavy (non-hydrogen) atoms. The van der Waals surface area contributed by atoms with E-state index in [1.54, 1.807) is 35.6 Å². The molecule has 1 aliphatic heterocycles. The average molecular weight is 333 g/mol. The summed E-state index contributed by atoms with van der Waals surface area (Å²) in [6.45, 7) is 1.41. The Bertz CT molecular complexity index is 711. The molecular weight excluding hydrogens is 318 g/mol. The van der Waals surface area contributed by atoms with Gasteiger partial charge in [0.05, 0.1) is 11.3 Å². The second-order valence-corrected chi connectivity index (χ2v) is 7.04. The van der Waals surface area contributed by atoms with Gasteiger partial charge in [-0.1, -0.05) is 12.1 Å².